The number of carbonyl (C=O) groups excluding carboxylic acids is 1. The summed E-state index contributed by atoms with van der Waals surface area (Å²) in [5.41, 5.74) is 2.47. The Morgan fingerprint density at radius 3 is 2.33 bits per heavy atom. The number of nitrogens with two attached hydrogens (primary N) is 1. The van der Waals surface area contributed by atoms with Crippen LogP contribution in [-0.2, 0) is 9.53 Å². The maximum Gasteiger partial charge on any atom is 0.293 e. The minimum absolute atomic E-state index is 0.318. The van der Waals surface area contributed by atoms with E-state index in [0.29, 0.717) is 12.5 Å². The fourth-order valence-electron chi connectivity index (χ4n) is 1.53. The molecule has 5 heteroatoms. The molecule has 0 atom stereocenters. The Morgan fingerprint density at radius 1 is 1.50 bits per heavy atom. The first-order valence-electron chi connectivity index (χ1n) is 6.16. The molecule has 0 aromatic carbocycles. The summed E-state index contributed by atoms with van der Waals surface area (Å²) in [5.74, 6) is 7.96. The lowest BCUT2D eigenvalue weighted by atomic mass is 10.1. The van der Waals surface area contributed by atoms with Crippen LogP contribution in [0.2, 0.25) is 0 Å². The average molecular weight is 255 g/mol. The summed E-state index contributed by atoms with van der Waals surface area (Å²) in [6.07, 6.45) is 7.41. The van der Waals surface area contributed by atoms with Gasteiger partial charge in [0.25, 0.3) is 6.47 Å². The third-order valence-corrected chi connectivity index (χ3v) is 2.54. The Bertz CT molecular complexity index is 260. The molecular formula is C13H25N3O2. The van der Waals surface area contributed by atoms with Crippen LogP contribution in [0.4, 0.5) is 0 Å². The van der Waals surface area contributed by atoms with Crippen LogP contribution < -0.4 is 11.3 Å². The topological polar surface area (TPSA) is 67.6 Å². The minimum Gasteiger partial charge on any atom is -0.462 e. The lowest BCUT2D eigenvalue weighted by molar-refractivity contribution is -0.138. The first-order chi connectivity index (χ1) is 8.42. The van der Waals surface area contributed by atoms with Crippen LogP contribution in [0, 0.1) is 12.3 Å². The number of nitrogens with one attached hydrogen (secondary N) is 1. The number of carbonyl (C=O) groups is 1. The molecule has 1 aliphatic heterocycles. The Hall–Kier alpha value is -1.09. The molecule has 0 bridgehead atoms. The molecule has 0 aromatic rings. The quantitative estimate of drug-likeness (QED) is 0.333. The highest BCUT2D eigenvalue weighted by molar-refractivity contribution is 5.37. The summed E-state index contributed by atoms with van der Waals surface area (Å²) in [6.45, 7) is 8.83. The van der Waals surface area contributed by atoms with E-state index in [1.807, 2.05) is 20.8 Å². The number of hydrogen-bond donors (Lipinski definition) is 2. The third kappa shape index (κ3) is 8.99. The maximum atomic E-state index is 9.60. The Morgan fingerprint density at radius 2 is 2.06 bits per heavy atom. The van der Waals surface area contributed by atoms with Gasteiger partial charge in [0.1, 0.15) is 5.60 Å². The number of likely N-dealkylation sites (tertiary alicyclic amines) is 1. The third-order valence-electron chi connectivity index (χ3n) is 2.54. The van der Waals surface area contributed by atoms with E-state index in [9.17, 15) is 4.79 Å². The number of nitrogens with zero attached hydrogens (tertiary/aromatic N) is 1. The van der Waals surface area contributed by atoms with Gasteiger partial charge in [-0.05, 0) is 33.6 Å². The van der Waals surface area contributed by atoms with E-state index in [-0.39, 0.29) is 5.60 Å². The van der Waals surface area contributed by atoms with Crippen LogP contribution in [0.1, 0.15) is 33.6 Å². The summed E-state index contributed by atoms with van der Waals surface area (Å²) in [4.78, 5) is 11.9. The molecule has 1 rings (SSSR count). The number of piperidine rings is 1. The molecule has 0 unspecified atom stereocenters. The van der Waals surface area contributed by atoms with Gasteiger partial charge in [-0.25, -0.2) is 0 Å². The summed E-state index contributed by atoms with van der Waals surface area (Å²) >= 11 is 0. The van der Waals surface area contributed by atoms with Crippen molar-refractivity contribution < 1.29 is 9.53 Å². The summed E-state index contributed by atoms with van der Waals surface area (Å²) in [5, 5.41) is 0. The summed E-state index contributed by atoms with van der Waals surface area (Å²) in [6, 6.07) is 0.490. The second kappa shape index (κ2) is 8.92. The van der Waals surface area contributed by atoms with Crippen LogP contribution in [0.15, 0.2) is 0 Å². The molecule has 5 nitrogen and oxygen atoms in total. The summed E-state index contributed by atoms with van der Waals surface area (Å²) in [7, 11) is 0. The van der Waals surface area contributed by atoms with Crippen LogP contribution in [0.5, 0.6) is 0 Å². The molecule has 1 heterocycles. The van der Waals surface area contributed by atoms with Gasteiger partial charge in [0, 0.05) is 19.1 Å². The Labute approximate surface area is 110 Å². The lowest BCUT2D eigenvalue weighted by Crippen LogP contribution is -2.45. The molecule has 1 aliphatic rings. The molecule has 0 spiro atoms. The zero-order chi connectivity index (χ0) is 14.0. The first-order valence-corrected chi connectivity index (χ1v) is 6.16. The predicted octanol–water partition coefficient (Wildman–Crippen LogP) is 0.505. The van der Waals surface area contributed by atoms with Gasteiger partial charge >= 0.3 is 0 Å². The molecule has 1 fully saturated rings. The average Bonchev–Trinajstić information content (AvgIpc) is 2.30. The van der Waals surface area contributed by atoms with E-state index in [0.717, 1.165) is 32.5 Å². The van der Waals surface area contributed by atoms with Crippen molar-refractivity contribution >= 4 is 6.47 Å². The van der Waals surface area contributed by atoms with E-state index in [4.69, 9.17) is 12.3 Å². The number of rotatable bonds is 3. The fourth-order valence-corrected chi connectivity index (χ4v) is 1.53. The van der Waals surface area contributed by atoms with Gasteiger partial charge in [0.15, 0.2) is 0 Å². The van der Waals surface area contributed by atoms with Gasteiger partial charge in [0.2, 0.25) is 0 Å². The van der Waals surface area contributed by atoms with E-state index < -0.39 is 0 Å². The standard InChI is InChI=1S/C8H15N3.C5H10O2/c1-2-5-11-6-3-8(10-9)4-7-11;1-5(2,3)7-4-6/h1,8,10H,3-7,9H2;4H,1-3H3. The highest BCUT2D eigenvalue weighted by atomic mass is 16.5. The normalized spacial score (nSPS) is 17.3. The second-order valence-electron chi connectivity index (χ2n) is 5.25. The second-order valence-corrected chi connectivity index (χ2v) is 5.25. The molecule has 0 aromatic heterocycles. The molecule has 0 saturated carbocycles. The first kappa shape index (κ1) is 16.9. The smallest absolute Gasteiger partial charge is 0.293 e. The van der Waals surface area contributed by atoms with E-state index in [1.54, 1.807) is 0 Å². The van der Waals surface area contributed by atoms with Gasteiger partial charge < -0.3 is 4.74 Å². The molecule has 18 heavy (non-hydrogen) atoms. The zero-order valence-electron chi connectivity index (χ0n) is 11.6. The van der Waals surface area contributed by atoms with Crippen molar-refractivity contribution in [2.24, 2.45) is 5.84 Å². The fraction of sp³-hybridized carbons (Fsp3) is 0.769. The molecule has 104 valence electrons. The molecule has 0 aliphatic carbocycles. The van der Waals surface area contributed by atoms with Crippen LogP contribution in [0.25, 0.3) is 0 Å². The van der Waals surface area contributed by atoms with Gasteiger partial charge in [-0.15, -0.1) is 6.42 Å². The molecule has 3 N–H and O–H groups in total. The van der Waals surface area contributed by atoms with Crippen molar-refractivity contribution in [3.05, 3.63) is 0 Å². The number of hydrogen-bond acceptors (Lipinski definition) is 5. The molecular weight excluding hydrogens is 230 g/mol. The SMILES string of the molecule is C#CCN1CCC(NN)CC1.CC(C)(C)OC=O. The molecule has 0 radical (unpaired) electrons. The van der Waals surface area contributed by atoms with Crippen molar-refractivity contribution in [1.82, 2.24) is 10.3 Å². The predicted molar refractivity (Wildman–Crippen MR) is 72.5 cm³/mol. The minimum atomic E-state index is -0.318. The number of ether oxygens (including phenoxy) is 1. The van der Waals surface area contributed by atoms with Crippen LogP contribution in [0.3, 0.4) is 0 Å². The highest BCUT2D eigenvalue weighted by Gasteiger charge is 2.16. The number of hydrazine groups is 1. The van der Waals surface area contributed by atoms with Gasteiger partial charge in [0.05, 0.1) is 6.54 Å². The van der Waals surface area contributed by atoms with E-state index >= 15 is 0 Å². The highest BCUT2D eigenvalue weighted by Crippen LogP contribution is 2.08. The van der Waals surface area contributed by atoms with Gasteiger partial charge in [-0.3, -0.25) is 21.0 Å². The monoisotopic (exact) mass is 255 g/mol. The molecule has 0 amide bonds. The lowest BCUT2D eigenvalue weighted by Gasteiger charge is -2.29. The Balaban J connectivity index is 0.000000360. The summed E-state index contributed by atoms with van der Waals surface area (Å²) < 4.78 is 4.55. The number of terminal acetylenes is 1. The van der Waals surface area contributed by atoms with Crippen molar-refractivity contribution in [3.8, 4) is 12.3 Å². The van der Waals surface area contributed by atoms with Crippen LogP contribution >= 0.6 is 0 Å². The molecule has 1 saturated heterocycles. The zero-order valence-corrected chi connectivity index (χ0v) is 11.6. The van der Waals surface area contributed by atoms with E-state index in [1.165, 1.54) is 0 Å². The van der Waals surface area contributed by atoms with Gasteiger partial charge in [-0.1, -0.05) is 5.92 Å². The maximum absolute atomic E-state index is 9.60. The van der Waals surface area contributed by atoms with Crippen molar-refractivity contribution in [2.75, 3.05) is 19.6 Å². The Kier molecular flexibility index (Phi) is 8.38. The van der Waals surface area contributed by atoms with Crippen molar-refractivity contribution in [2.45, 2.75) is 45.3 Å². The van der Waals surface area contributed by atoms with Gasteiger partial charge in [-0.2, -0.15) is 0 Å². The van der Waals surface area contributed by atoms with Crippen molar-refractivity contribution in [1.29, 1.82) is 0 Å². The largest absolute Gasteiger partial charge is 0.462 e. The van der Waals surface area contributed by atoms with Crippen LogP contribution in [-0.4, -0.2) is 42.6 Å². The van der Waals surface area contributed by atoms with Crippen molar-refractivity contribution in [3.63, 3.8) is 0 Å². The van der Waals surface area contributed by atoms with E-state index in [2.05, 4.69) is 21.0 Å².